The van der Waals surface area contributed by atoms with Crippen molar-refractivity contribution in [3.63, 3.8) is 0 Å². The van der Waals surface area contributed by atoms with E-state index in [1.54, 1.807) is 48.5 Å². The van der Waals surface area contributed by atoms with E-state index >= 15 is 0 Å². The molecule has 4 rings (SSSR count). The monoisotopic (exact) mass is 447 g/mol. The van der Waals surface area contributed by atoms with Crippen molar-refractivity contribution < 1.29 is 28.9 Å². The van der Waals surface area contributed by atoms with Gasteiger partial charge in [-0.2, -0.15) is 0 Å². The normalized spacial score (nSPS) is 17.2. The van der Waals surface area contributed by atoms with Crippen molar-refractivity contribution in [2.24, 2.45) is 0 Å². The molecular weight excluding hydrogens is 426 g/mol. The van der Waals surface area contributed by atoms with Gasteiger partial charge in [0.05, 0.1) is 32.9 Å². The summed E-state index contributed by atoms with van der Waals surface area (Å²) in [6.07, 6.45) is 2.94. The van der Waals surface area contributed by atoms with Crippen LogP contribution < -0.4 is 19.1 Å². The molecule has 1 fully saturated rings. The number of amides is 1. The summed E-state index contributed by atoms with van der Waals surface area (Å²) in [4.78, 5) is 35.7. The predicted molar refractivity (Wildman–Crippen MR) is 119 cm³/mol. The molecule has 0 bridgehead atoms. The van der Waals surface area contributed by atoms with Crippen molar-refractivity contribution in [2.75, 3.05) is 26.2 Å². The van der Waals surface area contributed by atoms with Crippen molar-refractivity contribution >= 4 is 23.4 Å². The van der Waals surface area contributed by atoms with Gasteiger partial charge in [-0.05, 0) is 48.0 Å². The van der Waals surface area contributed by atoms with E-state index in [1.807, 2.05) is 0 Å². The van der Waals surface area contributed by atoms with Crippen molar-refractivity contribution in [1.29, 1.82) is 0 Å². The summed E-state index contributed by atoms with van der Waals surface area (Å²) in [6.45, 7) is 0. The summed E-state index contributed by atoms with van der Waals surface area (Å²) >= 11 is 0. The zero-order valence-corrected chi connectivity index (χ0v) is 18.2. The summed E-state index contributed by atoms with van der Waals surface area (Å²) in [5.74, 6) is -0.529. The molecule has 9 heteroatoms. The van der Waals surface area contributed by atoms with E-state index in [4.69, 9.17) is 14.2 Å². The summed E-state index contributed by atoms with van der Waals surface area (Å²) < 4.78 is 15.9. The fourth-order valence-electron chi connectivity index (χ4n) is 3.70. The molecule has 3 aromatic rings. The average Bonchev–Trinajstić information content (AvgIpc) is 3.13. The number of hydrogen-bond acceptors (Lipinski definition) is 8. The lowest BCUT2D eigenvalue weighted by molar-refractivity contribution is -0.132. The van der Waals surface area contributed by atoms with E-state index in [-0.39, 0.29) is 17.3 Å². The Morgan fingerprint density at radius 1 is 0.909 bits per heavy atom. The van der Waals surface area contributed by atoms with Crippen molar-refractivity contribution in [2.45, 2.75) is 6.04 Å². The van der Waals surface area contributed by atoms with Gasteiger partial charge in [-0.15, -0.1) is 0 Å². The number of aliphatic hydroxyl groups is 1. The van der Waals surface area contributed by atoms with Gasteiger partial charge >= 0.3 is 5.91 Å². The molecule has 1 aliphatic rings. The Balaban J connectivity index is 1.94. The van der Waals surface area contributed by atoms with E-state index < -0.39 is 17.7 Å². The fourth-order valence-corrected chi connectivity index (χ4v) is 3.70. The lowest BCUT2D eigenvalue weighted by Gasteiger charge is -2.24. The number of Topliss-reactive ketones (excluding diaryl/α,β-unsaturated/α-hetero) is 1. The Kier molecular flexibility index (Phi) is 5.95. The smallest absolute Gasteiger partial charge is 0.302 e. The zero-order valence-electron chi connectivity index (χ0n) is 18.2. The molecule has 9 nitrogen and oxygen atoms in total. The molecule has 0 radical (unpaired) electrons. The average molecular weight is 447 g/mol. The zero-order chi connectivity index (χ0) is 23.5. The Hall–Kier alpha value is -4.40. The van der Waals surface area contributed by atoms with Crippen LogP contribution in [0.3, 0.4) is 0 Å². The first-order valence-electron chi connectivity index (χ1n) is 9.94. The number of aromatic nitrogens is 2. The third kappa shape index (κ3) is 3.84. The highest BCUT2D eigenvalue weighted by Crippen LogP contribution is 2.43. The first-order valence-corrected chi connectivity index (χ1v) is 9.94. The van der Waals surface area contributed by atoms with E-state index in [1.165, 1.54) is 38.6 Å². The minimum absolute atomic E-state index is 0.0353. The van der Waals surface area contributed by atoms with Gasteiger partial charge in [0, 0.05) is 18.0 Å². The Morgan fingerprint density at radius 2 is 1.58 bits per heavy atom. The van der Waals surface area contributed by atoms with Crippen LogP contribution in [-0.2, 0) is 9.59 Å². The maximum Gasteiger partial charge on any atom is 0.302 e. The standard InChI is InChI=1S/C24H21N3O6/c1-31-16-8-5-14(6-9-16)21(28)19-20(15-7-10-17(32-2)18(13-15)33-3)27(23(30)22(19)29)24-25-11-4-12-26-24/h4-13,20,28H,1-3H3/b21-19+/t20-/m0/s1. The Morgan fingerprint density at radius 3 is 2.18 bits per heavy atom. The number of methoxy groups -OCH3 is 3. The topological polar surface area (TPSA) is 111 Å². The van der Waals surface area contributed by atoms with Gasteiger partial charge in [-0.3, -0.25) is 14.5 Å². The van der Waals surface area contributed by atoms with Crippen LogP contribution in [0.25, 0.3) is 5.76 Å². The predicted octanol–water partition coefficient (Wildman–Crippen LogP) is 3.13. The van der Waals surface area contributed by atoms with Crippen LogP contribution in [0, 0.1) is 0 Å². The highest BCUT2D eigenvalue weighted by Gasteiger charge is 2.48. The SMILES string of the molecule is COc1ccc(/C(O)=C2\C(=O)C(=O)N(c3ncccn3)[C@H]2c2ccc(OC)c(OC)c2)cc1. The summed E-state index contributed by atoms with van der Waals surface area (Å²) in [5, 5.41) is 11.1. The van der Waals surface area contributed by atoms with E-state index in [0.29, 0.717) is 28.4 Å². The minimum Gasteiger partial charge on any atom is -0.507 e. The van der Waals surface area contributed by atoms with Crippen LogP contribution in [0.1, 0.15) is 17.2 Å². The molecule has 33 heavy (non-hydrogen) atoms. The molecule has 0 aliphatic carbocycles. The van der Waals surface area contributed by atoms with Crippen molar-refractivity contribution in [3.05, 3.63) is 77.6 Å². The van der Waals surface area contributed by atoms with E-state index in [9.17, 15) is 14.7 Å². The quantitative estimate of drug-likeness (QED) is 0.349. The lowest BCUT2D eigenvalue weighted by atomic mass is 9.95. The summed E-state index contributed by atoms with van der Waals surface area (Å²) in [7, 11) is 4.51. The van der Waals surface area contributed by atoms with Gasteiger partial charge in [-0.1, -0.05) is 6.07 Å². The molecule has 1 saturated heterocycles. The van der Waals surface area contributed by atoms with Gasteiger partial charge in [0.15, 0.2) is 11.5 Å². The van der Waals surface area contributed by atoms with Crippen LogP contribution in [0.2, 0.25) is 0 Å². The van der Waals surface area contributed by atoms with Crippen molar-refractivity contribution in [3.8, 4) is 17.2 Å². The highest BCUT2D eigenvalue weighted by atomic mass is 16.5. The molecule has 1 amide bonds. The molecule has 0 unspecified atom stereocenters. The van der Waals surface area contributed by atoms with Gasteiger partial charge in [0.1, 0.15) is 11.5 Å². The molecule has 2 aromatic carbocycles. The number of rotatable bonds is 6. The second-order valence-electron chi connectivity index (χ2n) is 7.06. The van der Waals surface area contributed by atoms with Crippen molar-refractivity contribution in [1.82, 2.24) is 9.97 Å². The number of carbonyl (C=O) groups is 2. The van der Waals surface area contributed by atoms with Gasteiger partial charge < -0.3 is 19.3 Å². The molecule has 1 N–H and O–H groups in total. The van der Waals surface area contributed by atoms with E-state index in [2.05, 4.69) is 9.97 Å². The molecule has 168 valence electrons. The number of nitrogens with zero attached hydrogens (tertiary/aromatic N) is 3. The van der Waals surface area contributed by atoms with Crippen LogP contribution in [-0.4, -0.2) is 48.1 Å². The first kappa shape index (κ1) is 21.8. The van der Waals surface area contributed by atoms with Crippen LogP contribution in [0.15, 0.2) is 66.5 Å². The fraction of sp³-hybridized carbons (Fsp3) is 0.167. The molecule has 0 spiro atoms. The molecule has 1 atom stereocenters. The van der Waals surface area contributed by atoms with Crippen LogP contribution in [0.5, 0.6) is 17.2 Å². The molecular formula is C24H21N3O6. The Labute approximate surface area is 189 Å². The van der Waals surface area contributed by atoms with Gasteiger partial charge in [0.25, 0.3) is 5.78 Å². The number of ether oxygens (including phenoxy) is 3. The number of hydrogen-bond donors (Lipinski definition) is 1. The van der Waals surface area contributed by atoms with Crippen LogP contribution >= 0.6 is 0 Å². The third-order valence-electron chi connectivity index (χ3n) is 5.30. The van der Waals surface area contributed by atoms with Gasteiger partial charge in [0.2, 0.25) is 5.95 Å². The first-order chi connectivity index (χ1) is 16.0. The largest absolute Gasteiger partial charge is 0.507 e. The number of anilines is 1. The number of carbonyl (C=O) groups excluding carboxylic acids is 2. The summed E-state index contributed by atoms with van der Waals surface area (Å²) in [6, 6.07) is 12.1. The lowest BCUT2D eigenvalue weighted by Crippen LogP contribution is -2.31. The summed E-state index contributed by atoms with van der Waals surface area (Å²) in [5.41, 5.74) is 0.771. The Bertz CT molecular complexity index is 1220. The second-order valence-corrected chi connectivity index (χ2v) is 7.06. The number of aliphatic hydroxyl groups excluding tert-OH is 1. The second kappa shape index (κ2) is 8.99. The third-order valence-corrected chi connectivity index (χ3v) is 5.30. The minimum atomic E-state index is -0.991. The van der Waals surface area contributed by atoms with E-state index in [0.717, 1.165) is 0 Å². The maximum absolute atomic E-state index is 13.1. The molecule has 2 heterocycles. The maximum atomic E-state index is 13.1. The van der Waals surface area contributed by atoms with Crippen LogP contribution in [0.4, 0.5) is 5.95 Å². The number of benzene rings is 2. The highest BCUT2D eigenvalue weighted by molar-refractivity contribution is 6.51. The number of ketones is 1. The van der Waals surface area contributed by atoms with Gasteiger partial charge in [-0.25, -0.2) is 9.97 Å². The molecule has 1 aromatic heterocycles. The molecule has 0 saturated carbocycles. The molecule has 1 aliphatic heterocycles.